The Morgan fingerprint density at radius 1 is 1.29 bits per heavy atom. The van der Waals surface area contributed by atoms with Gasteiger partial charge in [0.2, 0.25) is 11.6 Å². The molecule has 4 nitrogen and oxygen atoms in total. The zero-order valence-electron chi connectivity index (χ0n) is 8.99. The number of rotatable bonds is 2. The van der Waals surface area contributed by atoms with Crippen LogP contribution in [0.5, 0.6) is 0 Å². The molecule has 0 bridgehead atoms. The summed E-state index contributed by atoms with van der Waals surface area (Å²) in [5.74, 6) is 0.548. The Balaban J connectivity index is 2.88. The third kappa shape index (κ3) is 1.64. The maximum Gasteiger partial charge on any atom is 0.221 e. The fourth-order valence-corrected chi connectivity index (χ4v) is 1.34. The summed E-state index contributed by atoms with van der Waals surface area (Å²) in [4.78, 5) is 0. The van der Waals surface area contributed by atoms with Crippen LogP contribution in [0, 0.1) is 12.3 Å². The highest BCUT2D eigenvalue weighted by molar-refractivity contribution is 5.00. The molecular weight excluding hydrogens is 184 g/mol. The summed E-state index contributed by atoms with van der Waals surface area (Å²) in [6, 6.07) is 0. The lowest BCUT2D eigenvalue weighted by Crippen LogP contribution is -2.62. The van der Waals surface area contributed by atoms with Crippen molar-refractivity contribution in [1.29, 1.82) is 0 Å². The van der Waals surface area contributed by atoms with E-state index in [0.717, 1.165) is 0 Å². The molecule has 1 aliphatic rings. The first-order chi connectivity index (χ1) is 6.51. The van der Waals surface area contributed by atoms with E-state index in [1.807, 2.05) is 0 Å². The van der Waals surface area contributed by atoms with Gasteiger partial charge in [-0.05, 0) is 13.8 Å². The van der Waals surface area contributed by atoms with Gasteiger partial charge >= 0.3 is 0 Å². The Kier molecular flexibility index (Phi) is 3.17. The summed E-state index contributed by atoms with van der Waals surface area (Å²) in [5.41, 5.74) is 0. The SMILES string of the molecule is C#CC1COC(C)(OC)C(C)(OC)O1. The zero-order chi connectivity index (χ0) is 10.8. The highest BCUT2D eigenvalue weighted by Crippen LogP contribution is 2.36. The Hall–Kier alpha value is -0.600. The van der Waals surface area contributed by atoms with Crippen LogP contribution in [0.3, 0.4) is 0 Å². The van der Waals surface area contributed by atoms with Crippen molar-refractivity contribution in [3.05, 3.63) is 0 Å². The van der Waals surface area contributed by atoms with Gasteiger partial charge in [-0.15, -0.1) is 6.42 Å². The average molecular weight is 200 g/mol. The Bertz CT molecular complexity index is 247. The van der Waals surface area contributed by atoms with Crippen LogP contribution in [0.2, 0.25) is 0 Å². The van der Waals surface area contributed by atoms with Gasteiger partial charge in [-0.25, -0.2) is 0 Å². The van der Waals surface area contributed by atoms with Crippen molar-refractivity contribution in [2.24, 2.45) is 0 Å². The number of methoxy groups -OCH3 is 2. The molecule has 0 aromatic rings. The number of hydrogen-bond acceptors (Lipinski definition) is 4. The molecule has 0 saturated carbocycles. The van der Waals surface area contributed by atoms with Crippen molar-refractivity contribution >= 4 is 0 Å². The minimum Gasteiger partial charge on any atom is -0.349 e. The molecule has 0 N–H and O–H groups in total. The topological polar surface area (TPSA) is 36.9 Å². The van der Waals surface area contributed by atoms with Crippen LogP contribution in [0.25, 0.3) is 0 Å². The van der Waals surface area contributed by atoms with Crippen LogP contribution in [-0.4, -0.2) is 38.5 Å². The molecule has 80 valence electrons. The molecule has 0 spiro atoms. The van der Waals surface area contributed by atoms with Gasteiger partial charge in [-0.1, -0.05) is 5.92 Å². The molecular formula is C10H16O4. The van der Waals surface area contributed by atoms with E-state index in [1.165, 1.54) is 14.2 Å². The third-order valence-electron chi connectivity index (χ3n) is 2.67. The van der Waals surface area contributed by atoms with Crippen molar-refractivity contribution in [2.45, 2.75) is 31.5 Å². The maximum absolute atomic E-state index is 5.57. The summed E-state index contributed by atoms with van der Waals surface area (Å²) in [6.07, 6.45) is 4.86. The summed E-state index contributed by atoms with van der Waals surface area (Å²) in [5, 5.41) is 0. The molecule has 0 aliphatic carbocycles. The van der Waals surface area contributed by atoms with E-state index >= 15 is 0 Å². The first-order valence-electron chi connectivity index (χ1n) is 4.39. The number of terminal acetylenes is 1. The van der Waals surface area contributed by atoms with E-state index in [1.54, 1.807) is 13.8 Å². The van der Waals surface area contributed by atoms with E-state index in [-0.39, 0.29) is 0 Å². The molecule has 1 heterocycles. The summed E-state index contributed by atoms with van der Waals surface area (Å²) >= 11 is 0. The van der Waals surface area contributed by atoms with Crippen LogP contribution in [0.15, 0.2) is 0 Å². The normalized spacial score (nSPS) is 43.2. The van der Waals surface area contributed by atoms with E-state index in [4.69, 9.17) is 25.4 Å². The minimum absolute atomic E-state index is 0.305. The van der Waals surface area contributed by atoms with E-state index in [9.17, 15) is 0 Å². The van der Waals surface area contributed by atoms with Crippen LogP contribution in [-0.2, 0) is 18.9 Å². The van der Waals surface area contributed by atoms with Crippen molar-refractivity contribution in [2.75, 3.05) is 20.8 Å². The lowest BCUT2D eigenvalue weighted by atomic mass is 10.1. The van der Waals surface area contributed by atoms with Crippen molar-refractivity contribution < 1.29 is 18.9 Å². The first kappa shape index (κ1) is 11.5. The molecule has 3 atom stereocenters. The maximum atomic E-state index is 5.57. The average Bonchev–Trinajstić information content (AvgIpc) is 2.22. The fraction of sp³-hybridized carbons (Fsp3) is 0.800. The lowest BCUT2D eigenvalue weighted by molar-refractivity contribution is -0.424. The lowest BCUT2D eigenvalue weighted by Gasteiger charge is -2.47. The molecule has 4 heteroatoms. The van der Waals surface area contributed by atoms with E-state index < -0.39 is 17.7 Å². The molecule has 1 aliphatic heterocycles. The van der Waals surface area contributed by atoms with Gasteiger partial charge in [0.25, 0.3) is 0 Å². The molecule has 1 rings (SSSR count). The smallest absolute Gasteiger partial charge is 0.221 e. The fourth-order valence-electron chi connectivity index (χ4n) is 1.34. The van der Waals surface area contributed by atoms with Gasteiger partial charge in [0.15, 0.2) is 0 Å². The predicted octanol–water partition coefficient (Wildman–Crippen LogP) is 0.760. The Morgan fingerprint density at radius 3 is 2.29 bits per heavy atom. The Morgan fingerprint density at radius 2 is 1.86 bits per heavy atom. The van der Waals surface area contributed by atoms with Gasteiger partial charge < -0.3 is 18.9 Å². The van der Waals surface area contributed by atoms with Gasteiger partial charge in [-0.3, -0.25) is 0 Å². The first-order valence-corrected chi connectivity index (χ1v) is 4.39. The van der Waals surface area contributed by atoms with Crippen molar-refractivity contribution in [3.8, 4) is 12.3 Å². The largest absolute Gasteiger partial charge is 0.349 e. The van der Waals surface area contributed by atoms with Crippen LogP contribution in [0.4, 0.5) is 0 Å². The van der Waals surface area contributed by atoms with Crippen molar-refractivity contribution in [1.82, 2.24) is 0 Å². The standard InChI is InChI=1S/C10H16O4/c1-6-8-7-13-9(2,11-4)10(3,12-5)14-8/h1,8H,7H2,2-5H3. The molecule has 3 unspecified atom stereocenters. The second-order valence-corrected chi connectivity index (χ2v) is 3.38. The molecule has 0 amide bonds. The third-order valence-corrected chi connectivity index (χ3v) is 2.67. The highest BCUT2D eigenvalue weighted by Gasteiger charge is 2.53. The van der Waals surface area contributed by atoms with Crippen molar-refractivity contribution in [3.63, 3.8) is 0 Å². The molecule has 0 aromatic carbocycles. The van der Waals surface area contributed by atoms with Crippen LogP contribution in [0.1, 0.15) is 13.8 Å². The number of hydrogen-bond donors (Lipinski definition) is 0. The summed E-state index contributed by atoms with van der Waals surface area (Å²) in [7, 11) is 3.07. The zero-order valence-corrected chi connectivity index (χ0v) is 8.99. The van der Waals surface area contributed by atoms with Gasteiger partial charge in [0, 0.05) is 14.2 Å². The van der Waals surface area contributed by atoms with E-state index in [2.05, 4.69) is 5.92 Å². The van der Waals surface area contributed by atoms with Crippen LogP contribution >= 0.6 is 0 Å². The minimum atomic E-state index is -0.989. The monoisotopic (exact) mass is 200 g/mol. The molecule has 0 radical (unpaired) electrons. The van der Waals surface area contributed by atoms with E-state index in [0.29, 0.717) is 6.61 Å². The summed E-state index contributed by atoms with van der Waals surface area (Å²) < 4.78 is 21.6. The number of ether oxygens (including phenoxy) is 4. The molecule has 14 heavy (non-hydrogen) atoms. The Labute approximate surface area is 84.5 Å². The molecule has 0 aromatic heterocycles. The second-order valence-electron chi connectivity index (χ2n) is 3.38. The van der Waals surface area contributed by atoms with Gasteiger partial charge in [0.1, 0.15) is 6.10 Å². The molecule has 1 saturated heterocycles. The molecule has 1 fully saturated rings. The van der Waals surface area contributed by atoms with Crippen LogP contribution < -0.4 is 0 Å². The van der Waals surface area contributed by atoms with Gasteiger partial charge in [0.05, 0.1) is 6.61 Å². The van der Waals surface area contributed by atoms with Gasteiger partial charge in [-0.2, -0.15) is 0 Å². The quantitative estimate of drug-likeness (QED) is 0.617. The highest BCUT2D eigenvalue weighted by atomic mass is 16.8. The predicted molar refractivity (Wildman–Crippen MR) is 50.5 cm³/mol. The second kappa shape index (κ2) is 3.87. The summed E-state index contributed by atoms with van der Waals surface area (Å²) in [6.45, 7) is 3.79.